The number of hydrogen-bond donors (Lipinski definition) is 1. The highest BCUT2D eigenvalue weighted by Gasteiger charge is 2.26. The van der Waals surface area contributed by atoms with Crippen molar-refractivity contribution in [2.75, 3.05) is 18.2 Å². The normalized spacial score (nSPS) is 25.6. The molecular formula is C8H13FO2S. The molecule has 1 fully saturated rings. The molecule has 12 heavy (non-hydrogen) atoms. The molecule has 4 heteroatoms. The van der Waals surface area contributed by atoms with E-state index in [2.05, 4.69) is 0 Å². The van der Waals surface area contributed by atoms with E-state index in [-0.39, 0.29) is 18.3 Å². The fourth-order valence-corrected chi connectivity index (χ4v) is 2.87. The van der Waals surface area contributed by atoms with E-state index in [0.717, 1.165) is 17.9 Å². The number of thioether (sulfide) groups is 1. The van der Waals surface area contributed by atoms with Gasteiger partial charge in [0.2, 0.25) is 0 Å². The first kappa shape index (κ1) is 9.84. The van der Waals surface area contributed by atoms with Gasteiger partial charge < -0.3 is 5.11 Å². The van der Waals surface area contributed by atoms with E-state index in [4.69, 9.17) is 5.11 Å². The maximum absolute atomic E-state index is 12.4. The van der Waals surface area contributed by atoms with Gasteiger partial charge in [-0.05, 0) is 23.8 Å². The van der Waals surface area contributed by atoms with Crippen LogP contribution in [0.3, 0.4) is 0 Å². The Morgan fingerprint density at radius 1 is 1.75 bits per heavy atom. The largest absolute Gasteiger partial charge is 0.481 e. The van der Waals surface area contributed by atoms with Gasteiger partial charge in [-0.3, -0.25) is 9.18 Å². The van der Waals surface area contributed by atoms with Gasteiger partial charge in [0.25, 0.3) is 0 Å². The molecule has 0 aromatic rings. The highest BCUT2D eigenvalue weighted by molar-refractivity contribution is 7.99. The van der Waals surface area contributed by atoms with Gasteiger partial charge in [0.1, 0.15) is 0 Å². The molecule has 2 atom stereocenters. The number of halogens is 1. The number of aliphatic carboxylic acids is 1. The summed E-state index contributed by atoms with van der Waals surface area (Å²) in [5.74, 6) is 1.14. The fraction of sp³-hybridized carbons (Fsp3) is 0.875. The van der Waals surface area contributed by atoms with E-state index in [0.29, 0.717) is 0 Å². The summed E-state index contributed by atoms with van der Waals surface area (Å²) in [4.78, 5) is 10.4. The van der Waals surface area contributed by atoms with Crippen molar-refractivity contribution in [2.45, 2.75) is 12.8 Å². The van der Waals surface area contributed by atoms with E-state index in [1.54, 1.807) is 11.8 Å². The Hall–Kier alpha value is -0.250. The molecule has 1 saturated heterocycles. The van der Waals surface area contributed by atoms with Gasteiger partial charge in [-0.15, -0.1) is 0 Å². The van der Waals surface area contributed by atoms with Crippen LogP contribution in [0.1, 0.15) is 12.8 Å². The van der Waals surface area contributed by atoms with E-state index in [1.807, 2.05) is 0 Å². The van der Waals surface area contributed by atoms with Gasteiger partial charge >= 0.3 is 5.97 Å². The van der Waals surface area contributed by atoms with Crippen LogP contribution in [0.4, 0.5) is 4.39 Å². The third-order valence-electron chi connectivity index (χ3n) is 2.27. The molecule has 1 rings (SSSR count). The topological polar surface area (TPSA) is 37.3 Å². The minimum atomic E-state index is -0.880. The van der Waals surface area contributed by atoms with Crippen LogP contribution in [0.2, 0.25) is 0 Å². The Morgan fingerprint density at radius 3 is 2.92 bits per heavy atom. The molecule has 0 aromatic heterocycles. The molecule has 1 aliphatic rings. The average molecular weight is 192 g/mol. The van der Waals surface area contributed by atoms with Crippen molar-refractivity contribution in [1.82, 2.24) is 0 Å². The molecular weight excluding hydrogens is 179 g/mol. The maximum atomic E-state index is 12.4. The second-order valence-electron chi connectivity index (χ2n) is 3.14. The average Bonchev–Trinajstić information content (AvgIpc) is 2.51. The summed E-state index contributed by atoms with van der Waals surface area (Å²) in [5, 5.41) is 8.50. The van der Waals surface area contributed by atoms with Crippen LogP contribution >= 0.6 is 11.8 Å². The van der Waals surface area contributed by atoms with E-state index in [1.165, 1.54) is 0 Å². The molecule has 0 spiro atoms. The highest BCUT2D eigenvalue weighted by Crippen LogP contribution is 2.31. The Bertz CT molecular complexity index is 157. The van der Waals surface area contributed by atoms with Gasteiger partial charge in [-0.1, -0.05) is 0 Å². The second kappa shape index (κ2) is 4.70. The number of hydrogen-bond acceptors (Lipinski definition) is 2. The van der Waals surface area contributed by atoms with Crippen LogP contribution in [0.5, 0.6) is 0 Å². The molecule has 1 N–H and O–H groups in total. The van der Waals surface area contributed by atoms with Gasteiger partial charge in [0, 0.05) is 5.92 Å². The number of carbonyl (C=O) groups is 1. The monoisotopic (exact) mass is 192 g/mol. The zero-order valence-corrected chi connectivity index (χ0v) is 7.65. The first-order valence-corrected chi connectivity index (χ1v) is 5.25. The predicted octanol–water partition coefficient (Wildman–Crippen LogP) is 1.80. The molecule has 1 heterocycles. The lowest BCUT2D eigenvalue weighted by Crippen LogP contribution is -2.19. The molecule has 0 aliphatic carbocycles. The molecule has 0 bridgehead atoms. The number of carboxylic acid groups (broad SMARTS) is 1. The predicted molar refractivity (Wildman–Crippen MR) is 47.1 cm³/mol. The molecule has 0 saturated carbocycles. The van der Waals surface area contributed by atoms with Crippen LogP contribution in [0.25, 0.3) is 0 Å². The maximum Gasteiger partial charge on any atom is 0.303 e. The molecule has 70 valence electrons. The summed E-state index contributed by atoms with van der Waals surface area (Å²) in [6, 6.07) is 0. The first-order chi connectivity index (χ1) is 5.74. The SMILES string of the molecule is O=C(O)CC(CF)C1CCSC1. The van der Waals surface area contributed by atoms with Crippen molar-refractivity contribution >= 4 is 17.7 Å². The number of carboxylic acids is 1. The summed E-state index contributed by atoms with van der Waals surface area (Å²) < 4.78 is 12.4. The lowest BCUT2D eigenvalue weighted by atomic mass is 9.90. The lowest BCUT2D eigenvalue weighted by molar-refractivity contribution is -0.138. The van der Waals surface area contributed by atoms with E-state index < -0.39 is 12.6 Å². The van der Waals surface area contributed by atoms with E-state index in [9.17, 15) is 9.18 Å². The summed E-state index contributed by atoms with van der Waals surface area (Å²) in [5.41, 5.74) is 0. The third-order valence-corrected chi connectivity index (χ3v) is 3.45. The summed E-state index contributed by atoms with van der Waals surface area (Å²) in [6.07, 6.45) is 0.967. The molecule has 0 aromatic carbocycles. The highest BCUT2D eigenvalue weighted by atomic mass is 32.2. The number of rotatable bonds is 4. The molecule has 0 amide bonds. The van der Waals surface area contributed by atoms with Crippen LogP contribution < -0.4 is 0 Å². The van der Waals surface area contributed by atoms with Crippen molar-refractivity contribution in [3.8, 4) is 0 Å². The van der Waals surface area contributed by atoms with Crippen LogP contribution in [0, 0.1) is 11.8 Å². The Kier molecular flexibility index (Phi) is 3.85. The van der Waals surface area contributed by atoms with Gasteiger partial charge in [0.05, 0.1) is 13.1 Å². The zero-order chi connectivity index (χ0) is 8.97. The van der Waals surface area contributed by atoms with Crippen molar-refractivity contribution in [3.63, 3.8) is 0 Å². The summed E-state index contributed by atoms with van der Waals surface area (Å²) >= 11 is 1.79. The van der Waals surface area contributed by atoms with Crippen molar-refractivity contribution < 1.29 is 14.3 Å². The fourth-order valence-electron chi connectivity index (χ4n) is 1.50. The minimum absolute atomic E-state index is 0.0122. The zero-order valence-electron chi connectivity index (χ0n) is 6.83. The van der Waals surface area contributed by atoms with Crippen LogP contribution in [-0.2, 0) is 4.79 Å². The summed E-state index contributed by atoms with van der Waals surface area (Å²) in [6.45, 7) is -0.489. The van der Waals surface area contributed by atoms with Crippen LogP contribution in [-0.4, -0.2) is 29.3 Å². The molecule has 0 radical (unpaired) electrons. The smallest absolute Gasteiger partial charge is 0.303 e. The first-order valence-electron chi connectivity index (χ1n) is 4.09. The standard InChI is InChI=1S/C8H13FO2S/c9-4-7(3-8(10)11)6-1-2-12-5-6/h6-7H,1-5H2,(H,10,11). The Labute approximate surface area is 75.5 Å². The second-order valence-corrected chi connectivity index (χ2v) is 4.29. The number of alkyl halides is 1. The van der Waals surface area contributed by atoms with Gasteiger partial charge in [-0.2, -0.15) is 11.8 Å². The third kappa shape index (κ3) is 2.66. The quantitative estimate of drug-likeness (QED) is 0.738. The van der Waals surface area contributed by atoms with Gasteiger partial charge in [0.15, 0.2) is 0 Å². The van der Waals surface area contributed by atoms with Crippen molar-refractivity contribution in [1.29, 1.82) is 0 Å². The van der Waals surface area contributed by atoms with E-state index >= 15 is 0 Å². The lowest BCUT2D eigenvalue weighted by Gasteiger charge is -2.16. The van der Waals surface area contributed by atoms with Crippen LogP contribution in [0.15, 0.2) is 0 Å². The Morgan fingerprint density at radius 2 is 2.50 bits per heavy atom. The molecule has 1 aliphatic heterocycles. The summed E-state index contributed by atoms with van der Waals surface area (Å²) in [7, 11) is 0. The molecule has 2 nitrogen and oxygen atoms in total. The Balaban J connectivity index is 2.37. The molecule has 2 unspecified atom stereocenters. The van der Waals surface area contributed by atoms with Crippen molar-refractivity contribution in [2.24, 2.45) is 11.8 Å². The minimum Gasteiger partial charge on any atom is -0.481 e. The van der Waals surface area contributed by atoms with Gasteiger partial charge in [-0.25, -0.2) is 0 Å². The van der Waals surface area contributed by atoms with Crippen molar-refractivity contribution in [3.05, 3.63) is 0 Å².